The maximum Gasteiger partial charge on any atom is 0.326 e. The predicted octanol–water partition coefficient (Wildman–Crippen LogP) is 4.05. The molecule has 2 aliphatic carbocycles. The molecule has 1 atom stereocenters. The van der Waals surface area contributed by atoms with E-state index in [0.29, 0.717) is 11.2 Å². The number of nitrogens with one attached hydrogen (secondary N) is 2. The summed E-state index contributed by atoms with van der Waals surface area (Å²) in [5.74, 6) is -4.09. The SMILES string of the molecule is O=C(O)CCC(NC(=O)c1cn(C2CCCC2)c2cc(NC3CCCCC3)c(F)cc2c1=O)C(=O)O. The third kappa shape index (κ3) is 5.68. The van der Waals surface area contributed by atoms with Gasteiger partial charge in [0, 0.05) is 30.1 Å². The number of hydrogen-bond acceptors (Lipinski definition) is 5. The molecule has 0 aliphatic heterocycles. The first kappa shape index (κ1) is 25.7. The number of carbonyl (C=O) groups excluding carboxylic acids is 1. The van der Waals surface area contributed by atoms with E-state index in [-0.39, 0.29) is 29.5 Å². The highest BCUT2D eigenvalue weighted by Gasteiger charge is 2.27. The molecule has 194 valence electrons. The van der Waals surface area contributed by atoms with Crippen molar-refractivity contribution in [2.45, 2.75) is 88.8 Å². The molecule has 9 nitrogen and oxygen atoms in total. The summed E-state index contributed by atoms with van der Waals surface area (Å²) in [7, 11) is 0. The second kappa shape index (κ2) is 11.1. The molecule has 0 bridgehead atoms. The zero-order valence-electron chi connectivity index (χ0n) is 20.1. The van der Waals surface area contributed by atoms with Crippen LogP contribution in [0.25, 0.3) is 10.9 Å². The number of nitrogens with zero attached hydrogens (tertiary/aromatic N) is 1. The van der Waals surface area contributed by atoms with Gasteiger partial charge in [-0.2, -0.15) is 0 Å². The lowest BCUT2D eigenvalue weighted by atomic mass is 9.95. The summed E-state index contributed by atoms with van der Waals surface area (Å²) in [4.78, 5) is 48.7. The van der Waals surface area contributed by atoms with Gasteiger partial charge in [0.1, 0.15) is 17.4 Å². The summed E-state index contributed by atoms with van der Waals surface area (Å²) in [6.07, 6.45) is 9.58. The predicted molar refractivity (Wildman–Crippen MR) is 132 cm³/mol. The van der Waals surface area contributed by atoms with E-state index in [9.17, 15) is 24.3 Å². The minimum absolute atomic E-state index is 0.0231. The van der Waals surface area contributed by atoms with Crippen molar-refractivity contribution >= 4 is 34.4 Å². The first-order valence-corrected chi connectivity index (χ1v) is 12.6. The summed E-state index contributed by atoms with van der Waals surface area (Å²) in [5, 5.41) is 23.9. The van der Waals surface area contributed by atoms with Crippen LogP contribution in [0.3, 0.4) is 0 Å². The first-order chi connectivity index (χ1) is 17.2. The van der Waals surface area contributed by atoms with Gasteiger partial charge in [0.25, 0.3) is 5.91 Å². The molecule has 0 radical (unpaired) electrons. The molecule has 10 heteroatoms. The molecule has 1 aromatic carbocycles. The van der Waals surface area contributed by atoms with Gasteiger partial charge in [-0.25, -0.2) is 9.18 Å². The number of fused-ring (bicyclic) bond motifs is 1. The highest BCUT2D eigenvalue weighted by molar-refractivity contribution is 5.99. The van der Waals surface area contributed by atoms with Crippen LogP contribution in [0.15, 0.2) is 23.1 Å². The van der Waals surface area contributed by atoms with Crippen molar-refractivity contribution < 1.29 is 29.0 Å². The van der Waals surface area contributed by atoms with Crippen molar-refractivity contribution in [1.82, 2.24) is 9.88 Å². The van der Waals surface area contributed by atoms with Crippen molar-refractivity contribution in [2.75, 3.05) is 5.32 Å². The molecule has 4 N–H and O–H groups in total. The second-order valence-corrected chi connectivity index (χ2v) is 9.84. The topological polar surface area (TPSA) is 138 Å². The van der Waals surface area contributed by atoms with Gasteiger partial charge in [-0.05, 0) is 44.2 Å². The van der Waals surface area contributed by atoms with Gasteiger partial charge in [0.15, 0.2) is 0 Å². The van der Waals surface area contributed by atoms with Crippen molar-refractivity contribution in [3.8, 4) is 0 Å². The highest BCUT2D eigenvalue weighted by Crippen LogP contribution is 2.34. The smallest absolute Gasteiger partial charge is 0.326 e. The lowest BCUT2D eigenvalue weighted by molar-refractivity contribution is -0.140. The molecule has 0 spiro atoms. The van der Waals surface area contributed by atoms with Crippen LogP contribution in [-0.2, 0) is 9.59 Å². The van der Waals surface area contributed by atoms with Crippen LogP contribution in [0, 0.1) is 5.82 Å². The number of rotatable bonds is 9. The largest absolute Gasteiger partial charge is 0.481 e. The summed E-state index contributed by atoms with van der Waals surface area (Å²) in [5.41, 5.74) is -0.119. The number of hydrogen-bond donors (Lipinski definition) is 4. The van der Waals surface area contributed by atoms with Crippen LogP contribution >= 0.6 is 0 Å². The quantitative estimate of drug-likeness (QED) is 0.407. The molecular formula is C26H32FN3O6. The van der Waals surface area contributed by atoms with Crippen molar-refractivity contribution in [3.05, 3.63) is 39.9 Å². The van der Waals surface area contributed by atoms with Gasteiger partial charge in [0.2, 0.25) is 5.43 Å². The number of amides is 1. The maximum absolute atomic E-state index is 15.1. The average Bonchev–Trinajstić information content (AvgIpc) is 3.38. The number of carboxylic acid groups (broad SMARTS) is 2. The number of aliphatic carboxylic acids is 2. The number of halogens is 1. The molecule has 1 amide bonds. The number of carbonyl (C=O) groups is 3. The highest BCUT2D eigenvalue weighted by atomic mass is 19.1. The fourth-order valence-electron chi connectivity index (χ4n) is 5.35. The van der Waals surface area contributed by atoms with Crippen molar-refractivity contribution in [3.63, 3.8) is 0 Å². The monoisotopic (exact) mass is 501 g/mol. The Morgan fingerprint density at radius 2 is 1.69 bits per heavy atom. The Hall–Kier alpha value is -3.43. The molecule has 2 fully saturated rings. The van der Waals surface area contributed by atoms with Gasteiger partial charge in [-0.3, -0.25) is 14.4 Å². The van der Waals surface area contributed by atoms with Gasteiger partial charge in [0.05, 0.1) is 11.2 Å². The van der Waals surface area contributed by atoms with Crippen molar-refractivity contribution in [1.29, 1.82) is 0 Å². The molecule has 36 heavy (non-hydrogen) atoms. The van der Waals surface area contributed by atoms with E-state index >= 15 is 4.39 Å². The fourth-order valence-corrected chi connectivity index (χ4v) is 5.35. The van der Waals surface area contributed by atoms with Crippen molar-refractivity contribution in [2.24, 2.45) is 0 Å². The molecule has 2 saturated carbocycles. The van der Waals surface area contributed by atoms with Gasteiger partial charge in [-0.1, -0.05) is 32.1 Å². The zero-order valence-corrected chi connectivity index (χ0v) is 20.1. The lowest BCUT2D eigenvalue weighted by Crippen LogP contribution is -2.42. The molecule has 4 rings (SSSR count). The van der Waals surface area contributed by atoms with Crippen LogP contribution < -0.4 is 16.1 Å². The first-order valence-electron chi connectivity index (χ1n) is 12.6. The molecule has 1 unspecified atom stereocenters. The molecule has 2 aromatic rings. The average molecular weight is 502 g/mol. The number of carboxylic acids is 2. The summed E-state index contributed by atoms with van der Waals surface area (Å²) >= 11 is 0. The molecule has 1 heterocycles. The molecule has 2 aliphatic rings. The maximum atomic E-state index is 15.1. The summed E-state index contributed by atoms with van der Waals surface area (Å²) < 4.78 is 17.0. The van der Waals surface area contributed by atoms with E-state index in [1.807, 2.05) is 4.57 Å². The standard InChI is InChI=1S/C26H32FN3O6/c27-19-12-17-22(13-21(19)28-15-6-2-1-3-7-15)30(16-8-4-5-9-16)14-18(24(17)33)25(34)29-20(26(35)36)10-11-23(31)32/h12-16,20,28H,1-11H2,(H,29,34)(H,31,32)(H,35,36). The van der Waals surface area contributed by atoms with E-state index in [2.05, 4.69) is 10.6 Å². The summed E-state index contributed by atoms with van der Waals surface area (Å²) in [6, 6.07) is 1.52. The van der Waals surface area contributed by atoms with Crippen LogP contribution in [0.5, 0.6) is 0 Å². The molecule has 1 aromatic heterocycles. The van der Waals surface area contributed by atoms with E-state index in [1.165, 1.54) is 12.6 Å². The third-order valence-electron chi connectivity index (χ3n) is 7.30. The van der Waals surface area contributed by atoms with Gasteiger partial charge < -0.3 is 25.4 Å². The van der Waals surface area contributed by atoms with Crippen LogP contribution in [0.1, 0.15) is 87.0 Å². The van der Waals surface area contributed by atoms with E-state index < -0.39 is 41.6 Å². The second-order valence-electron chi connectivity index (χ2n) is 9.84. The van der Waals surface area contributed by atoms with E-state index in [1.54, 1.807) is 6.07 Å². The zero-order chi connectivity index (χ0) is 25.8. The van der Waals surface area contributed by atoms with Crippen LogP contribution in [-0.4, -0.2) is 44.7 Å². The Morgan fingerprint density at radius 1 is 1.03 bits per heavy atom. The number of pyridine rings is 1. The Bertz CT molecular complexity index is 1210. The normalized spacial score (nSPS) is 17.7. The summed E-state index contributed by atoms with van der Waals surface area (Å²) in [6.45, 7) is 0. The minimum atomic E-state index is -1.47. The lowest BCUT2D eigenvalue weighted by Gasteiger charge is -2.25. The number of anilines is 1. The molecular weight excluding hydrogens is 469 g/mol. The third-order valence-corrected chi connectivity index (χ3v) is 7.30. The minimum Gasteiger partial charge on any atom is -0.481 e. The van der Waals surface area contributed by atoms with Crippen LogP contribution in [0.4, 0.5) is 10.1 Å². The fraction of sp³-hybridized carbons (Fsp3) is 0.538. The van der Waals surface area contributed by atoms with Gasteiger partial charge in [-0.15, -0.1) is 0 Å². The molecule has 0 saturated heterocycles. The Balaban J connectivity index is 1.73. The Labute approximate surface area is 207 Å². The Kier molecular flexibility index (Phi) is 7.91. The number of benzene rings is 1. The van der Waals surface area contributed by atoms with Gasteiger partial charge >= 0.3 is 11.9 Å². The van der Waals surface area contributed by atoms with E-state index in [0.717, 1.165) is 57.4 Å². The van der Waals surface area contributed by atoms with E-state index in [4.69, 9.17) is 5.11 Å². The Morgan fingerprint density at radius 3 is 2.33 bits per heavy atom. The number of aromatic nitrogens is 1. The van der Waals surface area contributed by atoms with Crippen LogP contribution in [0.2, 0.25) is 0 Å².